The molecule has 92 valence electrons. The second kappa shape index (κ2) is 5.18. The van der Waals surface area contributed by atoms with Gasteiger partial charge in [-0.1, -0.05) is 18.2 Å². The van der Waals surface area contributed by atoms with Gasteiger partial charge >= 0.3 is 0 Å². The van der Waals surface area contributed by atoms with Crippen molar-refractivity contribution < 1.29 is 9.59 Å². The van der Waals surface area contributed by atoms with Gasteiger partial charge in [0.1, 0.15) is 5.69 Å². The summed E-state index contributed by atoms with van der Waals surface area (Å²) in [4.78, 5) is 23.4. The van der Waals surface area contributed by atoms with Crippen molar-refractivity contribution in [3.63, 3.8) is 0 Å². The van der Waals surface area contributed by atoms with Crippen LogP contribution < -0.4 is 10.9 Å². The molecule has 0 spiro atoms. The molecule has 18 heavy (non-hydrogen) atoms. The molecule has 0 radical (unpaired) electrons. The highest BCUT2D eigenvalue weighted by Gasteiger charge is 2.10. The Morgan fingerprint density at radius 3 is 2.22 bits per heavy atom. The fraction of sp³-hybridized carbons (Fsp3) is 0.0769. The first kappa shape index (κ1) is 11.9. The molecule has 5 nitrogen and oxygen atoms in total. The Bertz CT molecular complexity index is 561. The van der Waals surface area contributed by atoms with Crippen LogP contribution in [0, 0.1) is 0 Å². The normalized spacial score (nSPS) is 9.83. The Hall–Kier alpha value is -2.56. The van der Waals surface area contributed by atoms with E-state index in [0.717, 1.165) is 0 Å². The molecule has 0 saturated heterocycles. The topological polar surface area (TPSA) is 63.1 Å². The molecule has 5 heteroatoms. The van der Waals surface area contributed by atoms with E-state index in [2.05, 4.69) is 10.9 Å². The van der Waals surface area contributed by atoms with Gasteiger partial charge in [-0.25, -0.2) is 0 Å². The van der Waals surface area contributed by atoms with E-state index >= 15 is 0 Å². The molecule has 1 aromatic heterocycles. The number of aromatic nitrogens is 1. The van der Waals surface area contributed by atoms with Crippen LogP contribution in [0.2, 0.25) is 0 Å². The van der Waals surface area contributed by atoms with Gasteiger partial charge in [0.25, 0.3) is 11.8 Å². The van der Waals surface area contributed by atoms with Crippen molar-refractivity contribution in [2.75, 3.05) is 0 Å². The number of benzene rings is 1. The summed E-state index contributed by atoms with van der Waals surface area (Å²) in [6.07, 6.45) is 1.76. The van der Waals surface area contributed by atoms with E-state index < -0.39 is 0 Å². The summed E-state index contributed by atoms with van der Waals surface area (Å²) in [5.41, 5.74) is 5.69. The minimum atomic E-state index is -0.355. The van der Waals surface area contributed by atoms with Crippen LogP contribution in [0.15, 0.2) is 48.7 Å². The second-order valence-corrected chi connectivity index (χ2v) is 3.78. The lowest BCUT2D eigenvalue weighted by molar-refractivity contribution is 0.0842. The smallest absolute Gasteiger partial charge is 0.286 e. The molecule has 0 aliphatic carbocycles. The van der Waals surface area contributed by atoms with E-state index in [1.807, 2.05) is 6.07 Å². The highest BCUT2D eigenvalue weighted by molar-refractivity contribution is 5.98. The number of carbonyl (C=O) groups excluding carboxylic acids is 2. The van der Waals surface area contributed by atoms with Crippen LogP contribution in [0.1, 0.15) is 20.8 Å². The molecule has 0 bridgehead atoms. The third-order valence-electron chi connectivity index (χ3n) is 2.50. The molecule has 2 aromatic rings. The van der Waals surface area contributed by atoms with Crippen LogP contribution in [0.3, 0.4) is 0 Å². The number of amides is 2. The van der Waals surface area contributed by atoms with E-state index in [1.54, 1.807) is 54.2 Å². The van der Waals surface area contributed by atoms with Crippen LogP contribution in [0.25, 0.3) is 0 Å². The maximum absolute atomic E-state index is 11.7. The number of rotatable bonds is 2. The van der Waals surface area contributed by atoms with Gasteiger partial charge in [-0.15, -0.1) is 0 Å². The number of hydrazine groups is 1. The molecule has 1 aromatic carbocycles. The van der Waals surface area contributed by atoms with Gasteiger partial charge < -0.3 is 4.57 Å². The molecule has 0 atom stereocenters. The average Bonchev–Trinajstić information content (AvgIpc) is 2.83. The molecule has 2 N–H and O–H groups in total. The summed E-state index contributed by atoms with van der Waals surface area (Å²) in [5.74, 6) is -0.704. The summed E-state index contributed by atoms with van der Waals surface area (Å²) >= 11 is 0. The number of nitrogens with zero attached hydrogens (tertiary/aromatic N) is 1. The van der Waals surface area contributed by atoms with E-state index in [0.29, 0.717) is 11.3 Å². The molecular weight excluding hydrogens is 230 g/mol. The van der Waals surface area contributed by atoms with E-state index in [9.17, 15) is 9.59 Å². The lowest BCUT2D eigenvalue weighted by atomic mass is 10.2. The van der Waals surface area contributed by atoms with Gasteiger partial charge in [-0.2, -0.15) is 0 Å². The van der Waals surface area contributed by atoms with Crippen molar-refractivity contribution in [1.82, 2.24) is 15.4 Å². The minimum Gasteiger partial charge on any atom is -0.347 e. The van der Waals surface area contributed by atoms with Crippen molar-refractivity contribution in [3.8, 4) is 0 Å². The van der Waals surface area contributed by atoms with Crippen LogP contribution in [0.4, 0.5) is 0 Å². The average molecular weight is 243 g/mol. The Balaban J connectivity index is 1.95. The Morgan fingerprint density at radius 2 is 1.61 bits per heavy atom. The fourth-order valence-corrected chi connectivity index (χ4v) is 1.54. The van der Waals surface area contributed by atoms with Gasteiger partial charge in [0.2, 0.25) is 0 Å². The van der Waals surface area contributed by atoms with Gasteiger partial charge in [-0.05, 0) is 24.3 Å². The third kappa shape index (κ3) is 2.57. The molecule has 0 saturated carbocycles. The molecule has 0 aliphatic heterocycles. The Kier molecular flexibility index (Phi) is 3.43. The number of hydrogen-bond acceptors (Lipinski definition) is 2. The Morgan fingerprint density at radius 1 is 0.944 bits per heavy atom. The van der Waals surface area contributed by atoms with Crippen LogP contribution in [0.5, 0.6) is 0 Å². The lowest BCUT2D eigenvalue weighted by Crippen LogP contribution is -2.42. The highest BCUT2D eigenvalue weighted by Crippen LogP contribution is 1.99. The summed E-state index contributed by atoms with van der Waals surface area (Å²) < 4.78 is 1.67. The summed E-state index contributed by atoms with van der Waals surface area (Å²) in [5, 5.41) is 0. The first-order valence-electron chi connectivity index (χ1n) is 5.45. The zero-order valence-electron chi connectivity index (χ0n) is 9.88. The molecular formula is C13H13N3O2. The molecule has 0 fully saturated rings. The SMILES string of the molecule is Cn1cccc1C(=O)NNC(=O)c1ccccc1. The van der Waals surface area contributed by atoms with Gasteiger partial charge in [0, 0.05) is 18.8 Å². The third-order valence-corrected chi connectivity index (χ3v) is 2.50. The first-order valence-corrected chi connectivity index (χ1v) is 5.45. The predicted octanol–water partition coefficient (Wildman–Crippen LogP) is 1.10. The largest absolute Gasteiger partial charge is 0.347 e. The quantitative estimate of drug-likeness (QED) is 0.776. The van der Waals surface area contributed by atoms with Crippen molar-refractivity contribution in [2.45, 2.75) is 0 Å². The van der Waals surface area contributed by atoms with Crippen molar-refractivity contribution in [2.24, 2.45) is 7.05 Å². The highest BCUT2D eigenvalue weighted by atomic mass is 16.2. The summed E-state index contributed by atoms with van der Waals surface area (Å²) in [6.45, 7) is 0. The zero-order chi connectivity index (χ0) is 13.0. The van der Waals surface area contributed by atoms with Crippen LogP contribution in [-0.4, -0.2) is 16.4 Å². The molecule has 0 unspecified atom stereocenters. The number of nitrogens with one attached hydrogen (secondary N) is 2. The van der Waals surface area contributed by atoms with Crippen LogP contribution >= 0.6 is 0 Å². The van der Waals surface area contributed by atoms with E-state index in [1.165, 1.54) is 0 Å². The van der Waals surface area contributed by atoms with Gasteiger partial charge in [0.15, 0.2) is 0 Å². The lowest BCUT2D eigenvalue weighted by Gasteiger charge is -2.07. The zero-order valence-corrected chi connectivity index (χ0v) is 9.88. The number of hydrogen-bond donors (Lipinski definition) is 2. The molecule has 1 heterocycles. The second-order valence-electron chi connectivity index (χ2n) is 3.78. The first-order chi connectivity index (χ1) is 8.68. The van der Waals surface area contributed by atoms with E-state index in [4.69, 9.17) is 0 Å². The van der Waals surface area contributed by atoms with Crippen molar-refractivity contribution in [3.05, 3.63) is 59.9 Å². The van der Waals surface area contributed by atoms with Crippen LogP contribution in [-0.2, 0) is 7.05 Å². The molecule has 0 aliphatic rings. The number of carbonyl (C=O) groups is 2. The maximum Gasteiger partial charge on any atom is 0.286 e. The standard InChI is InChI=1S/C13H13N3O2/c1-16-9-5-8-11(16)13(18)15-14-12(17)10-6-3-2-4-7-10/h2-9H,1H3,(H,14,17)(H,15,18). The van der Waals surface area contributed by atoms with Crippen molar-refractivity contribution in [1.29, 1.82) is 0 Å². The van der Waals surface area contributed by atoms with Crippen molar-refractivity contribution >= 4 is 11.8 Å². The van der Waals surface area contributed by atoms with Gasteiger partial charge in [-0.3, -0.25) is 20.4 Å². The monoisotopic (exact) mass is 243 g/mol. The summed E-state index contributed by atoms with van der Waals surface area (Å²) in [6, 6.07) is 12.1. The predicted molar refractivity (Wildman–Crippen MR) is 66.8 cm³/mol. The number of aryl methyl sites for hydroxylation is 1. The fourth-order valence-electron chi connectivity index (χ4n) is 1.54. The summed E-state index contributed by atoms with van der Waals surface area (Å²) in [7, 11) is 1.76. The minimum absolute atomic E-state index is 0.349. The van der Waals surface area contributed by atoms with Gasteiger partial charge in [0.05, 0.1) is 0 Å². The Labute approximate surface area is 104 Å². The molecule has 2 rings (SSSR count). The maximum atomic E-state index is 11.7. The molecule has 2 amide bonds. The van der Waals surface area contributed by atoms with E-state index in [-0.39, 0.29) is 11.8 Å².